The van der Waals surface area contributed by atoms with Gasteiger partial charge in [-0.25, -0.2) is 4.79 Å². The van der Waals surface area contributed by atoms with Gasteiger partial charge in [-0.2, -0.15) is 0 Å². The van der Waals surface area contributed by atoms with Crippen LogP contribution in [0.1, 0.15) is 18.1 Å². The van der Waals surface area contributed by atoms with E-state index < -0.39 is 17.7 Å². The van der Waals surface area contributed by atoms with Crippen molar-refractivity contribution in [2.45, 2.75) is 19.2 Å². The van der Waals surface area contributed by atoms with Gasteiger partial charge in [-0.3, -0.25) is 9.69 Å². The van der Waals surface area contributed by atoms with Crippen molar-refractivity contribution in [2.75, 3.05) is 23.6 Å². The minimum Gasteiger partial charge on any atom is -0.494 e. The summed E-state index contributed by atoms with van der Waals surface area (Å²) in [4.78, 5) is 27.8. The second kappa shape index (κ2) is 9.12. The Labute approximate surface area is 209 Å². The van der Waals surface area contributed by atoms with E-state index in [2.05, 4.69) is 26.6 Å². The maximum Gasteiger partial charge on any atom is 0.329 e. The molecule has 2 aliphatic heterocycles. The van der Waals surface area contributed by atoms with E-state index in [1.807, 2.05) is 6.92 Å². The topological polar surface area (TPSA) is 109 Å². The standard InChI is InChI=1S/C25H22BrN3O6/c1-2-33-18-7-5-17(6-8-18)29-24(31)28-20-9-4-16(26)12-19(20)25(29,32)23(30)27-13-15-3-10-21-22(11-15)35-14-34-21/h3-12,32H,2,13-14H2,1H3,(H,27,30)(H,28,31)/t25-/m0/s1. The molecule has 0 unspecified atom stereocenters. The van der Waals surface area contributed by atoms with Crippen molar-refractivity contribution in [1.82, 2.24) is 5.32 Å². The summed E-state index contributed by atoms with van der Waals surface area (Å²) in [5.74, 6) is 1.05. The van der Waals surface area contributed by atoms with Crippen LogP contribution in [0.5, 0.6) is 17.2 Å². The molecule has 0 bridgehead atoms. The molecule has 2 heterocycles. The lowest BCUT2D eigenvalue weighted by Gasteiger charge is -2.42. The second-order valence-electron chi connectivity index (χ2n) is 7.92. The Hall–Kier alpha value is -3.76. The molecule has 2 aliphatic rings. The maximum atomic E-state index is 13.6. The fourth-order valence-corrected chi connectivity index (χ4v) is 4.46. The van der Waals surface area contributed by atoms with Crippen LogP contribution in [0, 0.1) is 0 Å². The van der Waals surface area contributed by atoms with Crippen LogP contribution in [0.3, 0.4) is 0 Å². The number of rotatable bonds is 6. The van der Waals surface area contributed by atoms with Crippen LogP contribution in [-0.2, 0) is 17.1 Å². The number of anilines is 2. The molecule has 3 N–H and O–H groups in total. The molecule has 0 aromatic heterocycles. The van der Waals surface area contributed by atoms with Gasteiger partial charge in [0.25, 0.3) is 11.6 Å². The van der Waals surface area contributed by atoms with E-state index >= 15 is 0 Å². The number of hydrogen-bond donors (Lipinski definition) is 3. The molecule has 35 heavy (non-hydrogen) atoms. The third-order valence-corrected chi connectivity index (χ3v) is 6.23. The minimum absolute atomic E-state index is 0.0971. The van der Waals surface area contributed by atoms with E-state index in [1.165, 1.54) is 0 Å². The first-order valence-electron chi connectivity index (χ1n) is 10.9. The normalized spacial score (nSPS) is 18.0. The molecule has 5 rings (SSSR count). The number of urea groups is 1. The van der Waals surface area contributed by atoms with E-state index in [4.69, 9.17) is 14.2 Å². The molecule has 0 fully saturated rings. The Kier molecular flexibility index (Phi) is 6.00. The summed E-state index contributed by atoms with van der Waals surface area (Å²) in [6.45, 7) is 2.59. The molecule has 9 nitrogen and oxygen atoms in total. The summed E-state index contributed by atoms with van der Waals surface area (Å²) in [6.07, 6.45) is 0. The quantitative estimate of drug-likeness (QED) is 0.435. The number of nitrogens with one attached hydrogen (secondary N) is 2. The molecule has 3 aromatic rings. The molecule has 0 aliphatic carbocycles. The number of amides is 3. The molecular weight excluding hydrogens is 518 g/mol. The zero-order valence-electron chi connectivity index (χ0n) is 18.7. The van der Waals surface area contributed by atoms with Gasteiger partial charge in [0, 0.05) is 22.3 Å². The molecule has 0 radical (unpaired) electrons. The van der Waals surface area contributed by atoms with Crippen LogP contribution in [-0.4, -0.2) is 30.4 Å². The Balaban J connectivity index is 1.50. The van der Waals surface area contributed by atoms with Crippen LogP contribution in [0.15, 0.2) is 65.1 Å². The van der Waals surface area contributed by atoms with Gasteiger partial charge in [-0.1, -0.05) is 22.0 Å². The predicted octanol–water partition coefficient (Wildman–Crippen LogP) is 4.09. The lowest BCUT2D eigenvalue weighted by molar-refractivity contribution is -0.140. The summed E-state index contributed by atoms with van der Waals surface area (Å²) < 4.78 is 16.8. The van der Waals surface area contributed by atoms with E-state index in [1.54, 1.807) is 60.7 Å². The minimum atomic E-state index is -2.33. The van der Waals surface area contributed by atoms with Crippen LogP contribution >= 0.6 is 15.9 Å². The van der Waals surface area contributed by atoms with Crippen molar-refractivity contribution in [3.63, 3.8) is 0 Å². The summed E-state index contributed by atoms with van der Waals surface area (Å²) in [5.41, 5.74) is -0.708. The Morgan fingerprint density at radius 2 is 1.91 bits per heavy atom. The summed E-state index contributed by atoms with van der Waals surface area (Å²) in [6, 6.07) is 16.2. The van der Waals surface area contributed by atoms with Gasteiger partial charge in [0.1, 0.15) is 5.75 Å². The Morgan fingerprint density at radius 1 is 1.14 bits per heavy atom. The zero-order valence-corrected chi connectivity index (χ0v) is 20.3. The number of hydrogen-bond acceptors (Lipinski definition) is 6. The van der Waals surface area contributed by atoms with Gasteiger partial charge in [-0.05, 0) is 67.1 Å². The molecule has 0 saturated carbocycles. The van der Waals surface area contributed by atoms with Crippen LogP contribution in [0.2, 0.25) is 0 Å². The van der Waals surface area contributed by atoms with Gasteiger partial charge >= 0.3 is 6.03 Å². The highest BCUT2D eigenvalue weighted by Gasteiger charge is 2.52. The number of carbonyl (C=O) groups excluding carboxylic acids is 2. The van der Waals surface area contributed by atoms with Gasteiger partial charge in [0.2, 0.25) is 6.79 Å². The summed E-state index contributed by atoms with van der Waals surface area (Å²) >= 11 is 3.40. The first-order valence-corrected chi connectivity index (χ1v) is 11.7. The van der Waals surface area contributed by atoms with Crippen molar-refractivity contribution in [1.29, 1.82) is 0 Å². The monoisotopic (exact) mass is 539 g/mol. The molecule has 3 amide bonds. The smallest absolute Gasteiger partial charge is 0.329 e. The van der Waals surface area contributed by atoms with Crippen molar-refractivity contribution < 1.29 is 28.9 Å². The highest BCUT2D eigenvalue weighted by molar-refractivity contribution is 9.10. The fourth-order valence-electron chi connectivity index (χ4n) is 4.09. The van der Waals surface area contributed by atoms with Crippen LogP contribution in [0.4, 0.5) is 16.2 Å². The summed E-state index contributed by atoms with van der Waals surface area (Å²) in [5, 5.41) is 17.5. The molecule has 0 spiro atoms. The lowest BCUT2D eigenvalue weighted by Crippen LogP contribution is -2.62. The molecule has 180 valence electrons. The average molecular weight is 540 g/mol. The van der Waals surface area contributed by atoms with Crippen molar-refractivity contribution in [3.8, 4) is 17.2 Å². The van der Waals surface area contributed by atoms with E-state index in [0.717, 1.165) is 10.5 Å². The Morgan fingerprint density at radius 3 is 2.69 bits per heavy atom. The fraction of sp³-hybridized carbons (Fsp3) is 0.200. The van der Waals surface area contributed by atoms with Gasteiger partial charge < -0.3 is 30.0 Å². The molecule has 3 aromatic carbocycles. The van der Waals surface area contributed by atoms with Gasteiger partial charge in [0.05, 0.1) is 12.3 Å². The molecule has 0 saturated heterocycles. The van der Waals surface area contributed by atoms with E-state index in [0.29, 0.717) is 39.7 Å². The van der Waals surface area contributed by atoms with E-state index in [9.17, 15) is 14.7 Å². The first kappa shape index (κ1) is 23.0. The predicted molar refractivity (Wildman–Crippen MR) is 132 cm³/mol. The zero-order chi connectivity index (χ0) is 24.6. The van der Waals surface area contributed by atoms with Crippen molar-refractivity contribution in [3.05, 3.63) is 76.3 Å². The van der Waals surface area contributed by atoms with Crippen molar-refractivity contribution in [2.24, 2.45) is 0 Å². The van der Waals surface area contributed by atoms with Crippen LogP contribution in [0.25, 0.3) is 0 Å². The highest BCUT2D eigenvalue weighted by atomic mass is 79.9. The Bertz CT molecular complexity index is 1300. The number of halogens is 1. The number of aliphatic hydroxyl groups is 1. The van der Waals surface area contributed by atoms with Crippen LogP contribution < -0.4 is 29.7 Å². The first-order chi connectivity index (χ1) is 16.9. The number of ether oxygens (including phenoxy) is 3. The second-order valence-corrected chi connectivity index (χ2v) is 8.84. The van der Waals surface area contributed by atoms with Gasteiger partial charge in [-0.15, -0.1) is 0 Å². The number of nitrogens with zero attached hydrogens (tertiary/aromatic N) is 1. The van der Waals surface area contributed by atoms with Gasteiger partial charge in [0.15, 0.2) is 11.5 Å². The largest absolute Gasteiger partial charge is 0.494 e. The number of carbonyl (C=O) groups is 2. The lowest BCUT2D eigenvalue weighted by atomic mass is 9.94. The third-order valence-electron chi connectivity index (χ3n) is 5.74. The number of fused-ring (bicyclic) bond motifs is 2. The SMILES string of the molecule is CCOc1ccc(N2C(=O)Nc3ccc(Br)cc3[C@]2(O)C(=O)NCc2ccc3c(c2)OCO3)cc1. The molecule has 1 atom stereocenters. The van der Waals surface area contributed by atoms with Crippen molar-refractivity contribution >= 4 is 39.2 Å². The summed E-state index contributed by atoms with van der Waals surface area (Å²) in [7, 11) is 0. The third kappa shape index (κ3) is 4.15. The van der Waals surface area contributed by atoms with E-state index in [-0.39, 0.29) is 18.9 Å². The molecule has 10 heteroatoms. The highest BCUT2D eigenvalue weighted by Crippen LogP contribution is 2.41. The average Bonchev–Trinajstić information content (AvgIpc) is 3.32. The maximum absolute atomic E-state index is 13.6. The molecular formula is C25H22BrN3O6. The number of benzene rings is 3.